The molecule has 16 heavy (non-hydrogen) atoms. The van der Waals surface area contributed by atoms with Gasteiger partial charge in [-0.05, 0) is 12.1 Å². The number of rotatable bonds is 1. The molecule has 8 heteroatoms. The van der Waals surface area contributed by atoms with E-state index in [1.54, 1.807) is 18.2 Å². The van der Waals surface area contributed by atoms with E-state index < -0.39 is 22.1 Å². The van der Waals surface area contributed by atoms with Crippen LogP contribution >= 0.6 is 0 Å². The van der Waals surface area contributed by atoms with Crippen molar-refractivity contribution in [1.82, 2.24) is 0 Å². The molecule has 7 nitrogen and oxygen atoms in total. The van der Waals surface area contributed by atoms with Gasteiger partial charge in [0, 0.05) is 0 Å². The van der Waals surface area contributed by atoms with Gasteiger partial charge in [0.05, 0.1) is 4.90 Å². The van der Waals surface area contributed by atoms with Crippen molar-refractivity contribution in [3.8, 4) is 0 Å². The second-order valence-corrected chi connectivity index (χ2v) is 3.82. The smallest absolute Gasteiger partial charge is 0.414 e. The Labute approximate surface area is 90.7 Å². The highest BCUT2D eigenvalue weighted by molar-refractivity contribution is 7.85. The molecule has 0 amide bonds. The zero-order valence-electron chi connectivity index (χ0n) is 7.77. The van der Waals surface area contributed by atoms with Crippen molar-refractivity contribution in [1.29, 1.82) is 0 Å². The zero-order chi connectivity index (χ0) is 12.8. The fourth-order valence-corrected chi connectivity index (χ4v) is 1.09. The largest absolute Gasteiger partial charge is 0.473 e. The summed E-state index contributed by atoms with van der Waals surface area (Å²) in [7, 11) is -4.00. The Kier molecular flexibility index (Phi) is 5.13. The van der Waals surface area contributed by atoms with Gasteiger partial charge in [-0.3, -0.25) is 4.55 Å². The molecule has 0 saturated carbocycles. The van der Waals surface area contributed by atoms with Gasteiger partial charge in [0.2, 0.25) is 0 Å². The third kappa shape index (κ3) is 5.73. The molecule has 0 aliphatic rings. The topological polar surface area (TPSA) is 129 Å². The summed E-state index contributed by atoms with van der Waals surface area (Å²) in [6.07, 6.45) is 0. The highest BCUT2D eigenvalue weighted by atomic mass is 32.2. The number of carbonyl (C=O) groups is 2. The van der Waals surface area contributed by atoms with Crippen molar-refractivity contribution >= 4 is 22.1 Å². The lowest BCUT2D eigenvalue weighted by Gasteiger charge is -1.92. The van der Waals surface area contributed by atoms with Crippen LogP contribution in [-0.4, -0.2) is 35.1 Å². The summed E-state index contributed by atoms with van der Waals surface area (Å²) < 4.78 is 29.2. The highest BCUT2D eigenvalue weighted by Crippen LogP contribution is 2.05. The van der Waals surface area contributed by atoms with Gasteiger partial charge in [-0.1, -0.05) is 18.2 Å². The second kappa shape index (κ2) is 5.83. The summed E-state index contributed by atoms with van der Waals surface area (Å²) in [4.78, 5) is 18.1. The summed E-state index contributed by atoms with van der Waals surface area (Å²) in [6.45, 7) is 0. The minimum absolute atomic E-state index is 0.0741. The van der Waals surface area contributed by atoms with Crippen LogP contribution in [0.5, 0.6) is 0 Å². The van der Waals surface area contributed by atoms with Gasteiger partial charge in [0.25, 0.3) is 10.1 Å². The van der Waals surface area contributed by atoms with Crippen molar-refractivity contribution < 1.29 is 32.8 Å². The van der Waals surface area contributed by atoms with Crippen molar-refractivity contribution in [3.63, 3.8) is 0 Å². The quantitative estimate of drug-likeness (QED) is 0.474. The lowest BCUT2D eigenvalue weighted by molar-refractivity contribution is -0.159. The number of hydrogen-bond acceptors (Lipinski definition) is 4. The van der Waals surface area contributed by atoms with Crippen LogP contribution < -0.4 is 0 Å². The van der Waals surface area contributed by atoms with Crippen molar-refractivity contribution in [2.24, 2.45) is 0 Å². The first-order valence-corrected chi connectivity index (χ1v) is 5.18. The molecule has 0 unspecified atom stereocenters. The Morgan fingerprint density at radius 1 is 0.938 bits per heavy atom. The van der Waals surface area contributed by atoms with Gasteiger partial charge in [-0.25, -0.2) is 9.59 Å². The molecule has 0 atom stereocenters. The van der Waals surface area contributed by atoms with Gasteiger partial charge in [0.15, 0.2) is 0 Å². The molecule has 0 heterocycles. The Balaban J connectivity index is 0.000000325. The van der Waals surface area contributed by atoms with E-state index in [0.717, 1.165) is 0 Å². The van der Waals surface area contributed by atoms with E-state index in [4.69, 9.17) is 24.4 Å². The Hall–Kier alpha value is -1.93. The lowest BCUT2D eigenvalue weighted by atomic mass is 10.4. The van der Waals surface area contributed by atoms with Crippen LogP contribution in [0.1, 0.15) is 0 Å². The summed E-state index contributed by atoms with van der Waals surface area (Å²) in [6, 6.07) is 7.42. The molecule has 0 spiro atoms. The maximum Gasteiger partial charge on any atom is 0.414 e. The van der Waals surface area contributed by atoms with E-state index in [9.17, 15) is 8.42 Å². The van der Waals surface area contributed by atoms with E-state index >= 15 is 0 Å². The van der Waals surface area contributed by atoms with E-state index in [1.165, 1.54) is 12.1 Å². The molecule has 1 aromatic carbocycles. The molecule has 3 N–H and O–H groups in total. The van der Waals surface area contributed by atoms with E-state index in [-0.39, 0.29) is 4.90 Å². The van der Waals surface area contributed by atoms with Crippen LogP contribution in [0.25, 0.3) is 0 Å². The van der Waals surface area contributed by atoms with Crippen LogP contribution in [0.15, 0.2) is 35.2 Å². The molecule has 0 bridgehead atoms. The summed E-state index contributed by atoms with van der Waals surface area (Å²) >= 11 is 0. The SMILES string of the molecule is O=C(O)C(=O)O.O=S(=O)(O)c1ccccc1. The zero-order valence-corrected chi connectivity index (χ0v) is 8.59. The highest BCUT2D eigenvalue weighted by Gasteiger charge is 2.05. The number of aliphatic carboxylic acids is 2. The summed E-state index contributed by atoms with van der Waals surface area (Å²) in [5, 5.41) is 14.8. The summed E-state index contributed by atoms with van der Waals surface area (Å²) in [5.74, 6) is -3.65. The number of benzene rings is 1. The van der Waals surface area contributed by atoms with Crippen molar-refractivity contribution in [2.75, 3.05) is 0 Å². The van der Waals surface area contributed by atoms with Gasteiger partial charge >= 0.3 is 11.9 Å². The average molecular weight is 248 g/mol. The third-order valence-corrected chi connectivity index (χ3v) is 2.09. The van der Waals surface area contributed by atoms with Crippen LogP contribution in [0, 0.1) is 0 Å². The molecular weight excluding hydrogens is 240 g/mol. The van der Waals surface area contributed by atoms with Gasteiger partial charge in [-0.15, -0.1) is 0 Å². The van der Waals surface area contributed by atoms with Crippen molar-refractivity contribution in [3.05, 3.63) is 30.3 Å². The van der Waals surface area contributed by atoms with E-state index in [0.29, 0.717) is 0 Å². The second-order valence-electron chi connectivity index (χ2n) is 2.40. The van der Waals surface area contributed by atoms with Crippen LogP contribution in [0.2, 0.25) is 0 Å². The normalized spacial score (nSPS) is 9.81. The van der Waals surface area contributed by atoms with Crippen LogP contribution in [0.3, 0.4) is 0 Å². The first kappa shape index (κ1) is 14.1. The maximum atomic E-state index is 10.4. The standard InChI is InChI=1S/C6H6O3S.C2H2O4/c7-10(8,9)6-4-2-1-3-5-6;3-1(4)2(5)6/h1-5H,(H,7,8,9);(H,3,4)(H,5,6). The molecule has 0 radical (unpaired) electrons. The fraction of sp³-hybridized carbons (Fsp3) is 0. The Morgan fingerprint density at radius 3 is 1.50 bits per heavy atom. The number of carboxylic acid groups (broad SMARTS) is 2. The Morgan fingerprint density at radius 2 is 1.31 bits per heavy atom. The molecule has 88 valence electrons. The molecular formula is C8H8O7S. The predicted octanol–water partition coefficient (Wildman–Crippen LogP) is 0.0889. The minimum Gasteiger partial charge on any atom is -0.473 e. The van der Waals surface area contributed by atoms with Gasteiger partial charge < -0.3 is 10.2 Å². The maximum absolute atomic E-state index is 10.4. The minimum atomic E-state index is -4.00. The van der Waals surface area contributed by atoms with Crippen LogP contribution in [-0.2, 0) is 19.7 Å². The lowest BCUT2D eigenvalue weighted by Crippen LogP contribution is -2.09. The molecule has 0 aromatic heterocycles. The summed E-state index contributed by atoms with van der Waals surface area (Å²) in [5.41, 5.74) is 0. The number of hydrogen-bond donors (Lipinski definition) is 3. The molecule has 0 fully saturated rings. The average Bonchev–Trinajstić information content (AvgIpc) is 2.18. The molecule has 0 aliphatic heterocycles. The monoisotopic (exact) mass is 248 g/mol. The molecule has 0 aliphatic carbocycles. The van der Waals surface area contributed by atoms with E-state index in [2.05, 4.69) is 0 Å². The first-order chi connectivity index (χ1) is 7.25. The Bertz CT molecular complexity index is 450. The molecule has 0 saturated heterocycles. The fourth-order valence-electron chi connectivity index (χ4n) is 0.592. The molecule has 1 rings (SSSR count). The van der Waals surface area contributed by atoms with Crippen molar-refractivity contribution in [2.45, 2.75) is 4.90 Å². The first-order valence-electron chi connectivity index (χ1n) is 3.74. The number of carboxylic acids is 2. The van der Waals surface area contributed by atoms with Gasteiger partial charge in [0.1, 0.15) is 0 Å². The van der Waals surface area contributed by atoms with Gasteiger partial charge in [-0.2, -0.15) is 8.42 Å². The van der Waals surface area contributed by atoms with Crippen LogP contribution in [0.4, 0.5) is 0 Å². The van der Waals surface area contributed by atoms with E-state index in [1.807, 2.05) is 0 Å². The molecule has 1 aromatic rings. The predicted molar refractivity (Wildman–Crippen MR) is 51.5 cm³/mol. The third-order valence-electron chi connectivity index (χ3n) is 1.22.